The molecule has 5 nitrogen and oxygen atoms in total. The lowest BCUT2D eigenvalue weighted by Crippen LogP contribution is -2.05. The van der Waals surface area contributed by atoms with E-state index in [9.17, 15) is 5.11 Å². The van der Waals surface area contributed by atoms with E-state index in [-0.39, 0.29) is 0 Å². The van der Waals surface area contributed by atoms with Gasteiger partial charge in [0.05, 0.1) is 7.11 Å². The van der Waals surface area contributed by atoms with Gasteiger partial charge in [0, 0.05) is 11.4 Å². The van der Waals surface area contributed by atoms with Gasteiger partial charge < -0.3 is 9.84 Å². The molecule has 6 heteroatoms. The molecule has 1 atom stereocenters. The van der Waals surface area contributed by atoms with Gasteiger partial charge in [0.25, 0.3) is 0 Å². The zero-order chi connectivity index (χ0) is 12.3. The minimum atomic E-state index is -0.759. The lowest BCUT2D eigenvalue weighted by atomic mass is 10.1. The fourth-order valence-electron chi connectivity index (χ4n) is 1.59. The highest BCUT2D eigenvalue weighted by molar-refractivity contribution is 6.30. The van der Waals surface area contributed by atoms with Crippen LogP contribution in [0.2, 0.25) is 5.02 Å². The Hall–Kier alpha value is -1.59. The molecule has 0 saturated heterocycles. The maximum Gasteiger partial charge on any atom is 0.153 e. The number of H-pyrrole nitrogens is 1. The Morgan fingerprint density at radius 3 is 3.00 bits per heavy atom. The maximum absolute atomic E-state index is 9.94. The molecule has 0 saturated carbocycles. The number of nitrogens with one attached hydrogen (secondary N) is 1. The Balaban J connectivity index is 2.20. The van der Waals surface area contributed by atoms with Crippen LogP contribution < -0.4 is 4.74 Å². The summed E-state index contributed by atoms with van der Waals surface area (Å²) in [5.74, 6) is 1.11. The van der Waals surface area contributed by atoms with Crippen LogP contribution in [0.15, 0.2) is 24.5 Å². The molecule has 0 radical (unpaired) electrons. The molecule has 2 aromatic rings. The van der Waals surface area contributed by atoms with Crippen LogP contribution >= 0.6 is 11.6 Å². The molecule has 0 amide bonds. The second-order valence-electron chi connectivity index (χ2n) is 3.55. The monoisotopic (exact) mass is 253 g/mol. The van der Waals surface area contributed by atoms with Crippen LogP contribution in [-0.2, 0) is 6.42 Å². The number of nitrogens with zero attached hydrogens (tertiary/aromatic N) is 2. The molecule has 17 heavy (non-hydrogen) atoms. The first-order valence-electron chi connectivity index (χ1n) is 5.06. The number of benzene rings is 1. The van der Waals surface area contributed by atoms with Crippen LogP contribution in [-0.4, -0.2) is 27.4 Å². The van der Waals surface area contributed by atoms with Crippen molar-refractivity contribution >= 4 is 11.6 Å². The number of aromatic nitrogens is 3. The zero-order valence-electron chi connectivity index (χ0n) is 9.22. The Morgan fingerprint density at radius 2 is 2.35 bits per heavy atom. The van der Waals surface area contributed by atoms with E-state index >= 15 is 0 Å². The zero-order valence-corrected chi connectivity index (χ0v) is 9.98. The summed E-state index contributed by atoms with van der Waals surface area (Å²) >= 11 is 5.91. The summed E-state index contributed by atoms with van der Waals surface area (Å²) < 4.78 is 5.20. The predicted molar refractivity (Wildman–Crippen MR) is 63.1 cm³/mol. The molecule has 1 unspecified atom stereocenters. The average Bonchev–Trinajstić information content (AvgIpc) is 2.83. The van der Waals surface area contributed by atoms with Crippen molar-refractivity contribution in [1.29, 1.82) is 0 Å². The number of hydrogen-bond donors (Lipinski definition) is 2. The van der Waals surface area contributed by atoms with Crippen molar-refractivity contribution in [1.82, 2.24) is 15.2 Å². The number of rotatable bonds is 4. The van der Waals surface area contributed by atoms with Crippen molar-refractivity contribution in [3.05, 3.63) is 40.9 Å². The van der Waals surface area contributed by atoms with Crippen molar-refractivity contribution in [2.45, 2.75) is 12.5 Å². The van der Waals surface area contributed by atoms with Gasteiger partial charge >= 0.3 is 0 Å². The summed E-state index contributed by atoms with van der Waals surface area (Å²) in [5, 5.41) is 16.9. The molecule has 90 valence electrons. The quantitative estimate of drug-likeness (QED) is 0.871. The molecule has 1 aromatic carbocycles. The number of halogens is 1. The van der Waals surface area contributed by atoms with Crippen LogP contribution in [0.3, 0.4) is 0 Å². The van der Waals surface area contributed by atoms with Crippen molar-refractivity contribution < 1.29 is 9.84 Å². The minimum Gasteiger partial charge on any atom is -0.496 e. The summed E-state index contributed by atoms with van der Waals surface area (Å²) in [4.78, 5) is 3.90. The van der Waals surface area contributed by atoms with Crippen LogP contribution in [0.5, 0.6) is 5.75 Å². The van der Waals surface area contributed by atoms with Gasteiger partial charge in [0.2, 0.25) is 0 Å². The molecule has 0 aliphatic carbocycles. The SMILES string of the molecule is COc1ccc(Cl)cc1CC(O)c1ncn[nH]1. The summed E-state index contributed by atoms with van der Waals surface area (Å²) in [7, 11) is 1.58. The fraction of sp³-hybridized carbons (Fsp3) is 0.273. The number of hydrogen-bond acceptors (Lipinski definition) is 4. The second-order valence-corrected chi connectivity index (χ2v) is 3.98. The van der Waals surface area contributed by atoms with E-state index in [1.165, 1.54) is 6.33 Å². The molecular weight excluding hydrogens is 242 g/mol. The topological polar surface area (TPSA) is 71.0 Å². The van der Waals surface area contributed by atoms with Gasteiger partial charge in [0.15, 0.2) is 5.82 Å². The smallest absolute Gasteiger partial charge is 0.153 e. The lowest BCUT2D eigenvalue weighted by molar-refractivity contribution is 0.167. The molecule has 0 spiro atoms. The van der Waals surface area contributed by atoms with E-state index in [0.29, 0.717) is 23.0 Å². The van der Waals surface area contributed by atoms with Crippen molar-refractivity contribution in [2.75, 3.05) is 7.11 Å². The van der Waals surface area contributed by atoms with Gasteiger partial charge in [-0.25, -0.2) is 4.98 Å². The third-order valence-electron chi connectivity index (χ3n) is 2.40. The van der Waals surface area contributed by atoms with E-state index < -0.39 is 6.10 Å². The van der Waals surface area contributed by atoms with Crippen LogP contribution in [0.25, 0.3) is 0 Å². The highest BCUT2D eigenvalue weighted by atomic mass is 35.5. The van der Waals surface area contributed by atoms with Crippen LogP contribution in [0.4, 0.5) is 0 Å². The molecule has 2 rings (SSSR count). The summed E-state index contributed by atoms with van der Waals surface area (Å²) in [6.45, 7) is 0. The third kappa shape index (κ3) is 2.75. The maximum atomic E-state index is 9.94. The molecule has 0 bridgehead atoms. The largest absolute Gasteiger partial charge is 0.496 e. The average molecular weight is 254 g/mol. The molecule has 1 aromatic heterocycles. The molecule has 2 N–H and O–H groups in total. The first kappa shape index (κ1) is 11.9. The van der Waals surface area contributed by atoms with Gasteiger partial charge in [-0.2, -0.15) is 5.10 Å². The van der Waals surface area contributed by atoms with Crippen LogP contribution in [0.1, 0.15) is 17.5 Å². The Morgan fingerprint density at radius 1 is 1.53 bits per heavy atom. The van der Waals surface area contributed by atoms with E-state index in [1.807, 2.05) is 0 Å². The number of aromatic amines is 1. The van der Waals surface area contributed by atoms with E-state index in [2.05, 4.69) is 15.2 Å². The summed E-state index contributed by atoms with van der Waals surface area (Å²) in [6.07, 6.45) is 0.956. The highest BCUT2D eigenvalue weighted by Gasteiger charge is 2.14. The third-order valence-corrected chi connectivity index (χ3v) is 2.64. The summed E-state index contributed by atoms with van der Waals surface area (Å²) in [6, 6.07) is 5.27. The fourth-order valence-corrected chi connectivity index (χ4v) is 1.78. The first-order chi connectivity index (χ1) is 8.20. The molecule has 0 aliphatic rings. The second kappa shape index (κ2) is 5.16. The first-order valence-corrected chi connectivity index (χ1v) is 5.44. The predicted octanol–water partition coefficient (Wildman–Crippen LogP) is 1.74. The minimum absolute atomic E-state index is 0.360. The van der Waals surface area contributed by atoms with Gasteiger partial charge in [-0.05, 0) is 23.8 Å². The number of aliphatic hydroxyl groups is 1. The Kier molecular flexibility index (Phi) is 3.61. The number of aliphatic hydroxyl groups excluding tert-OH is 1. The van der Waals surface area contributed by atoms with Crippen LogP contribution in [0, 0.1) is 0 Å². The lowest BCUT2D eigenvalue weighted by Gasteiger charge is -2.11. The standard InChI is InChI=1S/C11H12ClN3O2/c1-17-10-3-2-8(12)4-7(10)5-9(16)11-13-6-14-15-11/h2-4,6,9,16H,5H2,1H3,(H,13,14,15). The molecule has 0 aliphatic heterocycles. The van der Waals surface area contributed by atoms with Gasteiger partial charge in [0.1, 0.15) is 18.2 Å². The van der Waals surface area contributed by atoms with Gasteiger partial charge in [-0.15, -0.1) is 0 Å². The van der Waals surface area contributed by atoms with E-state index in [0.717, 1.165) is 5.56 Å². The highest BCUT2D eigenvalue weighted by Crippen LogP contribution is 2.26. The molecule has 1 heterocycles. The van der Waals surface area contributed by atoms with Crippen molar-refractivity contribution in [3.8, 4) is 5.75 Å². The van der Waals surface area contributed by atoms with Gasteiger partial charge in [-0.3, -0.25) is 5.10 Å². The molecular formula is C11H12ClN3O2. The van der Waals surface area contributed by atoms with E-state index in [4.69, 9.17) is 16.3 Å². The van der Waals surface area contributed by atoms with Crippen molar-refractivity contribution in [3.63, 3.8) is 0 Å². The van der Waals surface area contributed by atoms with E-state index in [1.54, 1.807) is 25.3 Å². The number of methoxy groups -OCH3 is 1. The molecule has 0 fully saturated rings. The normalized spacial score (nSPS) is 12.4. The Bertz CT molecular complexity index is 487. The Labute approximate surface area is 103 Å². The van der Waals surface area contributed by atoms with Gasteiger partial charge in [-0.1, -0.05) is 11.6 Å². The summed E-state index contributed by atoms with van der Waals surface area (Å²) in [5.41, 5.74) is 0.823. The van der Waals surface area contributed by atoms with Crippen molar-refractivity contribution in [2.24, 2.45) is 0 Å². The number of ether oxygens (including phenoxy) is 1.